The van der Waals surface area contributed by atoms with Gasteiger partial charge in [0.25, 0.3) is 10.2 Å². The maximum Gasteiger partial charge on any atom is 0.279 e. The molecule has 0 aliphatic carbocycles. The van der Waals surface area contributed by atoms with Crippen molar-refractivity contribution in [1.82, 2.24) is 14.3 Å². The van der Waals surface area contributed by atoms with Crippen molar-refractivity contribution in [2.75, 3.05) is 26.2 Å². The van der Waals surface area contributed by atoms with Crippen molar-refractivity contribution in [1.29, 1.82) is 0 Å². The first-order valence-corrected chi connectivity index (χ1v) is 8.03. The van der Waals surface area contributed by atoms with E-state index in [4.69, 9.17) is 0 Å². The predicted molar refractivity (Wildman–Crippen MR) is 70.1 cm³/mol. The van der Waals surface area contributed by atoms with E-state index in [0.717, 1.165) is 38.8 Å². The Labute approximate surface area is 105 Å². The summed E-state index contributed by atoms with van der Waals surface area (Å²) in [5, 5.41) is 3.24. The Morgan fingerprint density at radius 2 is 2.06 bits per heavy atom. The Bertz CT molecular complexity index is 306. The third-order valence-corrected chi connectivity index (χ3v) is 4.71. The zero-order valence-corrected chi connectivity index (χ0v) is 11.7. The number of likely N-dealkylation sites (N-methyl/N-ethyl adjacent to an activating group) is 1. The second-order valence-electron chi connectivity index (χ2n) is 4.47. The van der Waals surface area contributed by atoms with Gasteiger partial charge < -0.3 is 5.32 Å². The second-order valence-corrected chi connectivity index (χ2v) is 6.18. The zero-order valence-electron chi connectivity index (χ0n) is 10.9. The number of hydrogen-bond donors (Lipinski definition) is 2. The standard InChI is InChI=1S/C11H25N3O2S/c1-3-8-13-17(15,16)14-9-6-5-7-11(14)10-12-4-2/h11-13H,3-10H2,1-2H3. The van der Waals surface area contributed by atoms with Gasteiger partial charge in [0.2, 0.25) is 0 Å². The van der Waals surface area contributed by atoms with Crippen molar-refractivity contribution in [3.05, 3.63) is 0 Å². The summed E-state index contributed by atoms with van der Waals surface area (Å²) in [6.45, 7) is 6.81. The molecule has 1 aliphatic heterocycles. The van der Waals surface area contributed by atoms with Crippen LogP contribution in [-0.4, -0.2) is 44.9 Å². The van der Waals surface area contributed by atoms with Crippen LogP contribution in [-0.2, 0) is 10.2 Å². The molecule has 102 valence electrons. The Hall–Kier alpha value is -0.170. The molecule has 0 saturated carbocycles. The molecule has 1 rings (SSSR count). The lowest BCUT2D eigenvalue weighted by atomic mass is 10.1. The van der Waals surface area contributed by atoms with E-state index in [9.17, 15) is 8.42 Å². The molecule has 0 aromatic heterocycles. The first kappa shape index (κ1) is 14.9. The smallest absolute Gasteiger partial charge is 0.279 e. The molecule has 0 aromatic carbocycles. The number of piperidine rings is 1. The highest BCUT2D eigenvalue weighted by Crippen LogP contribution is 2.19. The number of hydrogen-bond acceptors (Lipinski definition) is 3. The summed E-state index contributed by atoms with van der Waals surface area (Å²) >= 11 is 0. The lowest BCUT2D eigenvalue weighted by molar-refractivity contribution is 0.244. The molecule has 1 unspecified atom stereocenters. The third-order valence-electron chi connectivity index (χ3n) is 3.05. The van der Waals surface area contributed by atoms with Gasteiger partial charge in [0.05, 0.1) is 0 Å². The predicted octanol–water partition coefficient (Wildman–Crippen LogP) is 0.695. The van der Waals surface area contributed by atoms with Gasteiger partial charge >= 0.3 is 0 Å². The average molecular weight is 263 g/mol. The van der Waals surface area contributed by atoms with Crippen molar-refractivity contribution in [2.24, 2.45) is 0 Å². The third kappa shape index (κ3) is 4.54. The van der Waals surface area contributed by atoms with E-state index in [1.54, 1.807) is 4.31 Å². The molecule has 0 amide bonds. The monoisotopic (exact) mass is 263 g/mol. The van der Waals surface area contributed by atoms with Crippen LogP contribution in [0.5, 0.6) is 0 Å². The second kappa shape index (κ2) is 7.31. The van der Waals surface area contributed by atoms with Crippen LogP contribution in [0.2, 0.25) is 0 Å². The zero-order chi connectivity index (χ0) is 12.7. The molecule has 0 bridgehead atoms. The molecule has 0 spiro atoms. The Morgan fingerprint density at radius 1 is 1.29 bits per heavy atom. The van der Waals surface area contributed by atoms with Gasteiger partial charge in [-0.3, -0.25) is 0 Å². The molecule has 0 radical (unpaired) electrons. The van der Waals surface area contributed by atoms with E-state index in [-0.39, 0.29) is 6.04 Å². The molecule has 1 heterocycles. The number of nitrogens with zero attached hydrogens (tertiary/aromatic N) is 1. The van der Waals surface area contributed by atoms with Crippen LogP contribution in [0.25, 0.3) is 0 Å². The SMILES string of the molecule is CCCNS(=O)(=O)N1CCCCC1CNCC. The first-order valence-electron chi connectivity index (χ1n) is 6.59. The van der Waals surface area contributed by atoms with E-state index in [1.807, 2.05) is 13.8 Å². The molecule has 1 atom stereocenters. The van der Waals surface area contributed by atoms with Crippen LogP contribution >= 0.6 is 0 Å². The van der Waals surface area contributed by atoms with Gasteiger partial charge in [-0.05, 0) is 25.8 Å². The molecular formula is C11H25N3O2S. The summed E-state index contributed by atoms with van der Waals surface area (Å²) in [6.07, 6.45) is 3.87. The molecule has 0 aromatic rings. The van der Waals surface area contributed by atoms with Gasteiger partial charge in [0, 0.05) is 25.7 Å². The van der Waals surface area contributed by atoms with Crippen molar-refractivity contribution in [2.45, 2.75) is 45.6 Å². The van der Waals surface area contributed by atoms with Crippen LogP contribution in [0.4, 0.5) is 0 Å². The summed E-state index contributed by atoms with van der Waals surface area (Å²) in [4.78, 5) is 0. The van der Waals surface area contributed by atoms with Crippen molar-refractivity contribution >= 4 is 10.2 Å². The molecule has 1 saturated heterocycles. The summed E-state index contributed by atoms with van der Waals surface area (Å²) < 4.78 is 28.5. The van der Waals surface area contributed by atoms with Crippen LogP contribution in [0.3, 0.4) is 0 Å². The summed E-state index contributed by atoms with van der Waals surface area (Å²) in [6, 6.07) is 0.109. The Morgan fingerprint density at radius 3 is 2.71 bits per heavy atom. The maximum atomic E-state index is 12.1. The van der Waals surface area contributed by atoms with Crippen LogP contribution in [0.15, 0.2) is 0 Å². The van der Waals surface area contributed by atoms with E-state index in [0.29, 0.717) is 13.1 Å². The minimum absolute atomic E-state index is 0.109. The van der Waals surface area contributed by atoms with Crippen LogP contribution in [0.1, 0.15) is 39.5 Å². The highest BCUT2D eigenvalue weighted by Gasteiger charge is 2.31. The van der Waals surface area contributed by atoms with Crippen molar-refractivity contribution in [3.8, 4) is 0 Å². The van der Waals surface area contributed by atoms with Crippen LogP contribution in [0, 0.1) is 0 Å². The summed E-state index contributed by atoms with van der Waals surface area (Å²) in [5.74, 6) is 0. The molecule has 1 fully saturated rings. The molecule has 6 heteroatoms. The van der Waals surface area contributed by atoms with Crippen LogP contribution < -0.4 is 10.0 Å². The van der Waals surface area contributed by atoms with Gasteiger partial charge in [0.15, 0.2) is 0 Å². The minimum atomic E-state index is -3.28. The van der Waals surface area contributed by atoms with Gasteiger partial charge in [-0.15, -0.1) is 0 Å². The fourth-order valence-corrected chi connectivity index (χ4v) is 3.69. The van der Waals surface area contributed by atoms with E-state index in [1.165, 1.54) is 0 Å². The fourth-order valence-electron chi connectivity index (χ4n) is 2.12. The van der Waals surface area contributed by atoms with Gasteiger partial charge in [-0.1, -0.05) is 20.3 Å². The summed E-state index contributed by atoms with van der Waals surface area (Å²) in [7, 11) is -3.28. The maximum absolute atomic E-state index is 12.1. The highest BCUT2D eigenvalue weighted by atomic mass is 32.2. The topological polar surface area (TPSA) is 61.4 Å². The lowest BCUT2D eigenvalue weighted by Gasteiger charge is -2.34. The average Bonchev–Trinajstić information content (AvgIpc) is 2.34. The van der Waals surface area contributed by atoms with Crippen molar-refractivity contribution < 1.29 is 8.42 Å². The number of nitrogens with one attached hydrogen (secondary N) is 2. The molecule has 2 N–H and O–H groups in total. The summed E-state index contributed by atoms with van der Waals surface area (Å²) in [5.41, 5.74) is 0. The van der Waals surface area contributed by atoms with Gasteiger partial charge in [-0.25, -0.2) is 4.72 Å². The first-order chi connectivity index (χ1) is 8.11. The van der Waals surface area contributed by atoms with E-state index in [2.05, 4.69) is 10.0 Å². The quantitative estimate of drug-likeness (QED) is 0.710. The number of rotatable bonds is 7. The van der Waals surface area contributed by atoms with E-state index < -0.39 is 10.2 Å². The van der Waals surface area contributed by atoms with Gasteiger partial charge in [-0.2, -0.15) is 12.7 Å². The largest absolute Gasteiger partial charge is 0.315 e. The lowest BCUT2D eigenvalue weighted by Crippen LogP contribution is -2.52. The normalized spacial score (nSPS) is 22.8. The molecular weight excluding hydrogens is 238 g/mol. The fraction of sp³-hybridized carbons (Fsp3) is 1.00. The van der Waals surface area contributed by atoms with Gasteiger partial charge in [0.1, 0.15) is 0 Å². The molecule has 17 heavy (non-hydrogen) atoms. The Balaban J connectivity index is 2.62. The Kier molecular flexibility index (Phi) is 6.40. The highest BCUT2D eigenvalue weighted by molar-refractivity contribution is 7.87. The molecule has 5 nitrogen and oxygen atoms in total. The van der Waals surface area contributed by atoms with E-state index >= 15 is 0 Å². The van der Waals surface area contributed by atoms with Crippen molar-refractivity contribution in [3.63, 3.8) is 0 Å². The molecule has 1 aliphatic rings. The minimum Gasteiger partial charge on any atom is -0.315 e.